The van der Waals surface area contributed by atoms with Crippen molar-refractivity contribution in [3.05, 3.63) is 0 Å². The van der Waals surface area contributed by atoms with Crippen molar-refractivity contribution < 1.29 is 4.74 Å². The molecule has 1 aliphatic rings. The first-order valence-corrected chi connectivity index (χ1v) is 8.69. The van der Waals surface area contributed by atoms with Crippen molar-refractivity contribution >= 4 is 0 Å². The molecule has 20 heavy (non-hydrogen) atoms. The van der Waals surface area contributed by atoms with Gasteiger partial charge in [-0.2, -0.15) is 0 Å². The SMILES string of the molecule is CCCCCCCC(CN)N(CCOC)C(C)C1CC1. The minimum atomic E-state index is 0.544. The molecule has 1 rings (SSSR count). The normalized spacial score (nSPS) is 18.4. The lowest BCUT2D eigenvalue weighted by molar-refractivity contribution is 0.0790. The van der Waals surface area contributed by atoms with Crippen molar-refractivity contribution in [1.29, 1.82) is 0 Å². The lowest BCUT2D eigenvalue weighted by Gasteiger charge is -2.36. The number of ether oxygens (including phenoxy) is 1. The first kappa shape index (κ1) is 17.9. The highest BCUT2D eigenvalue weighted by Gasteiger charge is 2.34. The zero-order valence-corrected chi connectivity index (χ0v) is 13.9. The quantitative estimate of drug-likeness (QED) is 0.527. The molecule has 2 atom stereocenters. The number of nitrogens with zero attached hydrogens (tertiary/aromatic N) is 1. The molecule has 1 fully saturated rings. The van der Waals surface area contributed by atoms with Crippen LogP contribution in [0, 0.1) is 5.92 Å². The van der Waals surface area contributed by atoms with E-state index in [1.54, 1.807) is 7.11 Å². The largest absolute Gasteiger partial charge is 0.383 e. The maximum Gasteiger partial charge on any atom is 0.0589 e. The zero-order valence-electron chi connectivity index (χ0n) is 13.9. The Labute approximate surface area is 126 Å². The van der Waals surface area contributed by atoms with E-state index in [1.165, 1.54) is 51.4 Å². The van der Waals surface area contributed by atoms with E-state index in [4.69, 9.17) is 10.5 Å². The number of rotatable bonds is 13. The van der Waals surface area contributed by atoms with Crippen LogP contribution in [0.25, 0.3) is 0 Å². The number of methoxy groups -OCH3 is 1. The van der Waals surface area contributed by atoms with Crippen molar-refractivity contribution in [1.82, 2.24) is 4.90 Å². The molecule has 0 bridgehead atoms. The van der Waals surface area contributed by atoms with E-state index >= 15 is 0 Å². The molecule has 120 valence electrons. The van der Waals surface area contributed by atoms with Crippen molar-refractivity contribution in [3.63, 3.8) is 0 Å². The van der Waals surface area contributed by atoms with Crippen LogP contribution in [0.2, 0.25) is 0 Å². The van der Waals surface area contributed by atoms with Crippen LogP contribution < -0.4 is 5.73 Å². The topological polar surface area (TPSA) is 38.5 Å². The average molecular weight is 284 g/mol. The number of nitrogens with two attached hydrogens (primary N) is 1. The third kappa shape index (κ3) is 6.55. The van der Waals surface area contributed by atoms with Crippen LogP contribution in [0.1, 0.15) is 65.2 Å². The third-order valence-electron chi connectivity index (χ3n) is 4.76. The van der Waals surface area contributed by atoms with E-state index in [2.05, 4.69) is 18.7 Å². The Bertz CT molecular complexity index is 231. The molecule has 3 heteroatoms. The van der Waals surface area contributed by atoms with Crippen molar-refractivity contribution in [2.75, 3.05) is 26.8 Å². The molecule has 0 aromatic heterocycles. The van der Waals surface area contributed by atoms with Crippen LogP contribution in [0.3, 0.4) is 0 Å². The summed E-state index contributed by atoms with van der Waals surface area (Å²) < 4.78 is 5.29. The fraction of sp³-hybridized carbons (Fsp3) is 1.00. The smallest absolute Gasteiger partial charge is 0.0589 e. The highest BCUT2D eigenvalue weighted by molar-refractivity contribution is 4.88. The van der Waals surface area contributed by atoms with Gasteiger partial charge in [-0.1, -0.05) is 39.0 Å². The van der Waals surface area contributed by atoms with Crippen LogP contribution >= 0.6 is 0 Å². The molecule has 0 aromatic rings. The maximum absolute atomic E-state index is 6.06. The standard InChI is InChI=1S/C17H36N2O/c1-4-5-6-7-8-9-17(14-18)19(12-13-20-3)15(2)16-10-11-16/h15-17H,4-14,18H2,1-3H3. The van der Waals surface area contributed by atoms with Crippen molar-refractivity contribution in [2.24, 2.45) is 11.7 Å². The van der Waals surface area contributed by atoms with Gasteiger partial charge in [-0.25, -0.2) is 0 Å². The Kier molecular flexibility index (Phi) is 9.49. The van der Waals surface area contributed by atoms with Gasteiger partial charge in [0.05, 0.1) is 6.61 Å². The van der Waals surface area contributed by atoms with Crippen molar-refractivity contribution in [2.45, 2.75) is 77.3 Å². The molecular weight excluding hydrogens is 248 g/mol. The Morgan fingerprint density at radius 3 is 2.45 bits per heavy atom. The van der Waals surface area contributed by atoms with Crippen LogP contribution in [-0.4, -0.2) is 43.8 Å². The molecule has 3 nitrogen and oxygen atoms in total. The number of hydrogen-bond donors (Lipinski definition) is 1. The summed E-state index contributed by atoms with van der Waals surface area (Å²) in [5.41, 5.74) is 6.06. The van der Waals surface area contributed by atoms with E-state index in [0.717, 1.165) is 25.6 Å². The molecule has 0 aliphatic heterocycles. The second-order valence-corrected chi connectivity index (χ2v) is 6.40. The average Bonchev–Trinajstić information content (AvgIpc) is 3.29. The molecule has 0 saturated heterocycles. The van der Waals surface area contributed by atoms with Crippen LogP contribution in [0.4, 0.5) is 0 Å². The van der Waals surface area contributed by atoms with Gasteiger partial charge >= 0.3 is 0 Å². The van der Waals surface area contributed by atoms with Gasteiger partial charge in [-0.15, -0.1) is 0 Å². The molecule has 1 aliphatic carbocycles. The van der Waals surface area contributed by atoms with Gasteiger partial charge in [0.15, 0.2) is 0 Å². The molecule has 2 N–H and O–H groups in total. The summed E-state index contributed by atoms with van der Waals surface area (Å²) in [6.07, 6.45) is 10.8. The molecule has 0 aromatic carbocycles. The second kappa shape index (κ2) is 10.6. The zero-order chi connectivity index (χ0) is 14.8. The summed E-state index contributed by atoms with van der Waals surface area (Å²) in [7, 11) is 1.79. The maximum atomic E-state index is 6.06. The van der Waals surface area contributed by atoms with Crippen LogP contribution in [0.5, 0.6) is 0 Å². The lowest BCUT2D eigenvalue weighted by atomic mass is 10.0. The minimum absolute atomic E-state index is 0.544. The van der Waals surface area contributed by atoms with Crippen LogP contribution in [-0.2, 0) is 4.74 Å². The molecule has 0 spiro atoms. The van der Waals surface area contributed by atoms with Crippen LogP contribution in [0.15, 0.2) is 0 Å². The second-order valence-electron chi connectivity index (χ2n) is 6.40. The summed E-state index contributed by atoms with van der Waals surface area (Å²) in [6.45, 7) is 7.29. The van der Waals surface area contributed by atoms with Gasteiger partial charge in [0.25, 0.3) is 0 Å². The summed E-state index contributed by atoms with van der Waals surface area (Å²) in [4.78, 5) is 2.63. The van der Waals surface area contributed by atoms with E-state index in [0.29, 0.717) is 12.1 Å². The summed E-state index contributed by atoms with van der Waals surface area (Å²) in [5, 5.41) is 0. The first-order chi connectivity index (χ1) is 9.74. The van der Waals surface area contributed by atoms with Crippen molar-refractivity contribution in [3.8, 4) is 0 Å². The summed E-state index contributed by atoms with van der Waals surface area (Å²) in [6, 6.07) is 1.22. The van der Waals surface area contributed by atoms with E-state index in [9.17, 15) is 0 Å². The summed E-state index contributed by atoms with van der Waals surface area (Å²) >= 11 is 0. The molecule has 2 unspecified atom stereocenters. The number of hydrogen-bond acceptors (Lipinski definition) is 3. The first-order valence-electron chi connectivity index (χ1n) is 8.69. The fourth-order valence-corrected chi connectivity index (χ4v) is 3.17. The Morgan fingerprint density at radius 2 is 1.90 bits per heavy atom. The predicted octanol–water partition coefficient (Wildman–Crippen LogP) is 3.42. The Hall–Kier alpha value is -0.120. The van der Waals surface area contributed by atoms with E-state index in [1.807, 2.05) is 0 Å². The molecular formula is C17H36N2O. The molecule has 0 radical (unpaired) electrons. The van der Waals surface area contributed by atoms with Gasteiger partial charge < -0.3 is 10.5 Å². The minimum Gasteiger partial charge on any atom is -0.383 e. The van der Waals surface area contributed by atoms with Gasteiger partial charge in [0.2, 0.25) is 0 Å². The van der Waals surface area contributed by atoms with Gasteiger partial charge in [0, 0.05) is 32.3 Å². The highest BCUT2D eigenvalue weighted by Crippen LogP contribution is 2.36. The van der Waals surface area contributed by atoms with E-state index < -0.39 is 0 Å². The van der Waals surface area contributed by atoms with Gasteiger partial charge in [-0.3, -0.25) is 4.90 Å². The lowest BCUT2D eigenvalue weighted by Crippen LogP contribution is -2.48. The number of unbranched alkanes of at least 4 members (excludes halogenated alkanes) is 4. The molecule has 1 saturated carbocycles. The molecule has 0 heterocycles. The predicted molar refractivity (Wildman–Crippen MR) is 87.0 cm³/mol. The third-order valence-corrected chi connectivity index (χ3v) is 4.76. The molecule has 0 amide bonds. The highest BCUT2D eigenvalue weighted by atomic mass is 16.5. The Morgan fingerprint density at radius 1 is 1.20 bits per heavy atom. The fourth-order valence-electron chi connectivity index (χ4n) is 3.17. The Balaban J connectivity index is 2.37. The van der Waals surface area contributed by atoms with E-state index in [-0.39, 0.29) is 0 Å². The summed E-state index contributed by atoms with van der Waals surface area (Å²) in [5.74, 6) is 0.904. The van der Waals surface area contributed by atoms with Gasteiger partial charge in [0.1, 0.15) is 0 Å². The monoisotopic (exact) mass is 284 g/mol. The van der Waals surface area contributed by atoms with Gasteiger partial charge in [-0.05, 0) is 32.1 Å².